The van der Waals surface area contributed by atoms with Gasteiger partial charge in [0.15, 0.2) is 0 Å². The second kappa shape index (κ2) is 5.35. The number of nitrogens with one attached hydrogen (secondary N) is 1. The molecule has 0 bridgehead atoms. The van der Waals surface area contributed by atoms with Crippen LogP contribution in [0.25, 0.3) is 11.0 Å². The van der Waals surface area contributed by atoms with Crippen LogP contribution in [0, 0.1) is 12.8 Å². The molecular weight excluding hydrogens is 230 g/mol. The summed E-state index contributed by atoms with van der Waals surface area (Å²) in [5.74, 6) is 1.04. The van der Waals surface area contributed by atoms with Gasteiger partial charge in [-0.15, -0.1) is 0 Å². The zero-order valence-electron chi connectivity index (χ0n) is 10.8. The highest BCUT2D eigenvalue weighted by Gasteiger charge is 2.11. The average molecular weight is 249 g/mol. The Morgan fingerprint density at radius 1 is 1.56 bits per heavy atom. The summed E-state index contributed by atoms with van der Waals surface area (Å²) in [6.45, 7) is 4.88. The second-order valence-electron chi connectivity index (χ2n) is 4.64. The lowest BCUT2D eigenvalue weighted by molar-refractivity contribution is 0.244. The number of aromatic nitrogens is 3. The zero-order chi connectivity index (χ0) is 13.1. The van der Waals surface area contributed by atoms with E-state index in [0.29, 0.717) is 17.1 Å². The van der Waals surface area contributed by atoms with Crippen LogP contribution in [0.2, 0.25) is 0 Å². The summed E-state index contributed by atoms with van der Waals surface area (Å²) in [4.78, 5) is 18.8. The molecule has 0 aromatic carbocycles. The first-order valence-corrected chi connectivity index (χ1v) is 6.32. The van der Waals surface area contributed by atoms with Crippen LogP contribution in [0.15, 0.2) is 17.1 Å². The quantitative estimate of drug-likeness (QED) is 0.842. The van der Waals surface area contributed by atoms with Gasteiger partial charge in [0, 0.05) is 19.3 Å². The first-order valence-electron chi connectivity index (χ1n) is 6.32. The number of rotatable bonds is 5. The third kappa shape index (κ3) is 2.46. The lowest BCUT2D eigenvalue weighted by Crippen LogP contribution is -2.14. The Hall–Kier alpha value is -1.62. The van der Waals surface area contributed by atoms with E-state index in [4.69, 9.17) is 5.11 Å². The van der Waals surface area contributed by atoms with Gasteiger partial charge in [0.1, 0.15) is 11.5 Å². The van der Waals surface area contributed by atoms with Crippen LogP contribution < -0.4 is 5.56 Å². The van der Waals surface area contributed by atoms with E-state index in [9.17, 15) is 4.79 Å². The zero-order valence-corrected chi connectivity index (χ0v) is 10.8. The van der Waals surface area contributed by atoms with Crippen LogP contribution in [-0.4, -0.2) is 26.2 Å². The van der Waals surface area contributed by atoms with Crippen LogP contribution in [0.1, 0.15) is 25.6 Å². The fourth-order valence-electron chi connectivity index (χ4n) is 2.22. The minimum atomic E-state index is -0.0912. The molecule has 0 aliphatic rings. The number of hydrogen-bond acceptors (Lipinski definition) is 3. The molecule has 0 unspecified atom stereocenters. The van der Waals surface area contributed by atoms with E-state index in [1.54, 1.807) is 13.0 Å². The van der Waals surface area contributed by atoms with Gasteiger partial charge in [-0.3, -0.25) is 4.79 Å². The minimum absolute atomic E-state index is 0.0912. The number of nitrogens with zero attached hydrogens (tertiary/aromatic N) is 2. The van der Waals surface area contributed by atoms with Gasteiger partial charge in [0.25, 0.3) is 5.56 Å². The van der Waals surface area contributed by atoms with Crippen molar-refractivity contribution in [1.29, 1.82) is 0 Å². The molecule has 0 radical (unpaired) electrons. The van der Waals surface area contributed by atoms with E-state index < -0.39 is 0 Å². The molecule has 5 nitrogen and oxygen atoms in total. The number of aliphatic hydroxyl groups is 1. The molecule has 0 aliphatic carbocycles. The van der Waals surface area contributed by atoms with E-state index in [-0.39, 0.29) is 12.2 Å². The predicted molar refractivity (Wildman–Crippen MR) is 70.6 cm³/mol. The van der Waals surface area contributed by atoms with Crippen molar-refractivity contribution in [3.05, 3.63) is 28.4 Å². The number of fused-ring (bicyclic) bond motifs is 1. The molecule has 2 heterocycles. The monoisotopic (exact) mass is 249 g/mol. The highest BCUT2D eigenvalue weighted by atomic mass is 16.3. The highest BCUT2D eigenvalue weighted by molar-refractivity contribution is 5.74. The average Bonchev–Trinajstić information content (AvgIpc) is 2.72. The molecular formula is C13H19N3O2. The van der Waals surface area contributed by atoms with Crippen LogP contribution in [-0.2, 0) is 6.54 Å². The summed E-state index contributed by atoms with van der Waals surface area (Å²) in [5, 5.41) is 9.64. The minimum Gasteiger partial charge on any atom is -0.396 e. The second-order valence-corrected chi connectivity index (χ2v) is 4.64. The Balaban J connectivity index is 2.37. The normalized spacial score (nSPS) is 13.1. The van der Waals surface area contributed by atoms with Crippen molar-refractivity contribution in [3.8, 4) is 0 Å². The number of hydrogen-bond donors (Lipinski definition) is 2. The Bertz CT molecular complexity index is 585. The van der Waals surface area contributed by atoms with Gasteiger partial charge in [-0.1, -0.05) is 13.3 Å². The molecule has 0 spiro atoms. The van der Waals surface area contributed by atoms with Gasteiger partial charge in [-0.05, 0) is 25.3 Å². The first kappa shape index (κ1) is 12.8. The summed E-state index contributed by atoms with van der Waals surface area (Å²) < 4.78 is 2.00. The van der Waals surface area contributed by atoms with Gasteiger partial charge < -0.3 is 14.7 Å². The molecule has 2 aromatic heterocycles. The van der Waals surface area contributed by atoms with Crippen molar-refractivity contribution >= 4 is 11.0 Å². The van der Waals surface area contributed by atoms with Crippen molar-refractivity contribution in [2.24, 2.45) is 5.92 Å². The molecule has 2 aromatic rings. The van der Waals surface area contributed by atoms with Crippen LogP contribution >= 0.6 is 0 Å². The van der Waals surface area contributed by atoms with Gasteiger partial charge in [0.05, 0.1) is 5.39 Å². The first-order chi connectivity index (χ1) is 8.65. The van der Waals surface area contributed by atoms with E-state index >= 15 is 0 Å². The fraction of sp³-hybridized carbons (Fsp3) is 0.538. The van der Waals surface area contributed by atoms with Crippen molar-refractivity contribution in [1.82, 2.24) is 14.5 Å². The van der Waals surface area contributed by atoms with Crippen molar-refractivity contribution in [2.45, 2.75) is 33.2 Å². The maximum Gasteiger partial charge on any atom is 0.260 e. The molecule has 2 rings (SSSR count). The van der Waals surface area contributed by atoms with Crippen molar-refractivity contribution < 1.29 is 5.11 Å². The van der Waals surface area contributed by atoms with Crippen LogP contribution in [0.4, 0.5) is 0 Å². The Kier molecular flexibility index (Phi) is 3.81. The molecule has 18 heavy (non-hydrogen) atoms. The van der Waals surface area contributed by atoms with E-state index in [2.05, 4.69) is 16.9 Å². The largest absolute Gasteiger partial charge is 0.396 e. The topological polar surface area (TPSA) is 70.9 Å². The van der Waals surface area contributed by atoms with E-state index in [1.165, 1.54) is 0 Å². The summed E-state index contributed by atoms with van der Waals surface area (Å²) >= 11 is 0. The molecule has 98 valence electrons. The maximum atomic E-state index is 11.7. The number of H-pyrrole nitrogens is 1. The summed E-state index contributed by atoms with van der Waals surface area (Å²) in [6.07, 6.45) is 3.67. The van der Waals surface area contributed by atoms with Gasteiger partial charge in [-0.25, -0.2) is 4.98 Å². The molecule has 2 N–H and O–H groups in total. The maximum absolute atomic E-state index is 11.7. The molecule has 0 fully saturated rings. The van der Waals surface area contributed by atoms with Crippen LogP contribution in [0.3, 0.4) is 0 Å². The molecule has 5 heteroatoms. The predicted octanol–water partition coefficient (Wildman–Crippen LogP) is 1.44. The highest BCUT2D eigenvalue weighted by Crippen LogP contribution is 2.15. The van der Waals surface area contributed by atoms with E-state index in [0.717, 1.165) is 25.0 Å². The third-order valence-electron chi connectivity index (χ3n) is 3.32. The Labute approximate surface area is 105 Å². The lowest BCUT2D eigenvalue weighted by Gasteiger charge is -2.14. The van der Waals surface area contributed by atoms with Gasteiger partial charge >= 0.3 is 0 Å². The van der Waals surface area contributed by atoms with Gasteiger partial charge in [-0.2, -0.15) is 0 Å². The summed E-state index contributed by atoms with van der Waals surface area (Å²) in [5.41, 5.74) is 0.638. The SMILES string of the molecule is CC[C@H](CCO)Cn1ccc2c(=O)[nH]c(C)nc21. The van der Waals surface area contributed by atoms with E-state index in [1.807, 2.05) is 10.8 Å². The molecule has 0 saturated carbocycles. The standard InChI is InChI=1S/C13H19N3O2/c1-3-10(5-7-17)8-16-6-4-11-12(16)14-9(2)15-13(11)18/h4,6,10,17H,3,5,7-8H2,1-2H3,(H,14,15,18)/t10-/m1/s1. The molecule has 0 aliphatic heterocycles. The number of aliphatic hydroxyl groups excluding tert-OH is 1. The number of aromatic amines is 1. The van der Waals surface area contributed by atoms with Crippen molar-refractivity contribution in [2.75, 3.05) is 6.61 Å². The summed E-state index contributed by atoms with van der Waals surface area (Å²) in [6, 6.07) is 1.80. The molecule has 1 atom stereocenters. The van der Waals surface area contributed by atoms with Gasteiger partial charge in [0.2, 0.25) is 0 Å². The fourth-order valence-corrected chi connectivity index (χ4v) is 2.22. The third-order valence-corrected chi connectivity index (χ3v) is 3.32. The van der Waals surface area contributed by atoms with Crippen molar-refractivity contribution in [3.63, 3.8) is 0 Å². The smallest absolute Gasteiger partial charge is 0.260 e. The number of aryl methyl sites for hydroxylation is 1. The Morgan fingerprint density at radius 2 is 2.33 bits per heavy atom. The molecule has 0 saturated heterocycles. The lowest BCUT2D eigenvalue weighted by atomic mass is 10.0. The Morgan fingerprint density at radius 3 is 3.00 bits per heavy atom. The summed E-state index contributed by atoms with van der Waals surface area (Å²) in [7, 11) is 0. The molecule has 0 amide bonds. The van der Waals surface area contributed by atoms with Crippen LogP contribution in [0.5, 0.6) is 0 Å².